The highest BCUT2D eigenvalue weighted by molar-refractivity contribution is 5.37. The number of hydrogen-bond acceptors (Lipinski definition) is 1. The smallest absolute Gasteiger partial charge is 0.0712 e. The molecule has 1 aromatic rings. The van der Waals surface area contributed by atoms with Gasteiger partial charge in [0.15, 0.2) is 0 Å². The fourth-order valence-electron chi connectivity index (χ4n) is 2.56. The average Bonchev–Trinajstić information content (AvgIpc) is 2.35. The average molecular weight is 213 g/mol. The summed E-state index contributed by atoms with van der Waals surface area (Å²) in [6, 6.07) is 9.10. The molecule has 0 spiro atoms. The first-order chi connectivity index (χ1) is 7.85. The van der Waals surface area contributed by atoms with Crippen molar-refractivity contribution >= 4 is 0 Å². The Balaban J connectivity index is 2.25. The molecule has 16 heavy (non-hydrogen) atoms. The van der Waals surface area contributed by atoms with Gasteiger partial charge in [0.05, 0.1) is 12.0 Å². The topological polar surface area (TPSA) is 23.8 Å². The molecule has 84 valence electrons. The molecule has 1 unspecified atom stereocenters. The third kappa shape index (κ3) is 2.27. The summed E-state index contributed by atoms with van der Waals surface area (Å²) in [6.07, 6.45) is 7.11. The van der Waals surface area contributed by atoms with Crippen molar-refractivity contribution in [3.05, 3.63) is 34.9 Å². The van der Waals surface area contributed by atoms with Crippen molar-refractivity contribution in [1.29, 1.82) is 5.26 Å². The molecule has 0 aliphatic heterocycles. The molecule has 0 amide bonds. The van der Waals surface area contributed by atoms with Crippen molar-refractivity contribution in [1.82, 2.24) is 0 Å². The van der Waals surface area contributed by atoms with Gasteiger partial charge in [-0.3, -0.25) is 0 Å². The molecule has 0 aromatic heterocycles. The van der Waals surface area contributed by atoms with Crippen LogP contribution in [0.25, 0.3) is 0 Å². The molecule has 0 saturated carbocycles. The van der Waals surface area contributed by atoms with Gasteiger partial charge in [0, 0.05) is 0 Å². The van der Waals surface area contributed by atoms with Gasteiger partial charge in [-0.2, -0.15) is 5.26 Å². The van der Waals surface area contributed by atoms with Crippen molar-refractivity contribution < 1.29 is 0 Å². The monoisotopic (exact) mass is 213 g/mol. The molecular formula is C15H19N. The summed E-state index contributed by atoms with van der Waals surface area (Å²) < 4.78 is 0. The summed E-state index contributed by atoms with van der Waals surface area (Å²) in [4.78, 5) is 0. The Morgan fingerprint density at radius 1 is 1.25 bits per heavy atom. The summed E-state index contributed by atoms with van der Waals surface area (Å²) in [5, 5.41) is 9.16. The van der Waals surface area contributed by atoms with E-state index in [4.69, 9.17) is 5.26 Å². The first-order valence-electron chi connectivity index (χ1n) is 6.36. The Hall–Kier alpha value is -1.29. The van der Waals surface area contributed by atoms with E-state index < -0.39 is 0 Å². The van der Waals surface area contributed by atoms with Gasteiger partial charge < -0.3 is 0 Å². The van der Waals surface area contributed by atoms with Crippen LogP contribution in [-0.2, 0) is 12.8 Å². The summed E-state index contributed by atoms with van der Waals surface area (Å²) in [6.45, 7) is 2.14. The predicted octanol–water partition coefficient (Wildman–Crippen LogP) is 3.97. The van der Waals surface area contributed by atoms with Gasteiger partial charge in [-0.05, 0) is 48.8 Å². The van der Waals surface area contributed by atoms with Crippen molar-refractivity contribution in [3.8, 4) is 6.07 Å². The summed E-state index contributed by atoms with van der Waals surface area (Å²) in [5.74, 6) is 0.0947. The molecule has 0 N–H and O–H groups in total. The predicted molar refractivity (Wildman–Crippen MR) is 66.3 cm³/mol. The first kappa shape index (κ1) is 11.2. The van der Waals surface area contributed by atoms with Crippen LogP contribution in [0.2, 0.25) is 0 Å². The zero-order valence-corrected chi connectivity index (χ0v) is 10.00. The summed E-state index contributed by atoms with van der Waals surface area (Å²) >= 11 is 0. The molecule has 0 radical (unpaired) electrons. The maximum absolute atomic E-state index is 9.16. The second kappa shape index (κ2) is 5.16. The second-order valence-electron chi connectivity index (χ2n) is 4.71. The van der Waals surface area contributed by atoms with Gasteiger partial charge in [0.1, 0.15) is 0 Å². The zero-order valence-electron chi connectivity index (χ0n) is 10.00. The lowest BCUT2D eigenvalue weighted by Crippen LogP contribution is -2.04. The first-order valence-corrected chi connectivity index (χ1v) is 6.36. The highest BCUT2D eigenvalue weighted by Gasteiger charge is 2.14. The van der Waals surface area contributed by atoms with Crippen LogP contribution in [0.15, 0.2) is 18.2 Å². The Labute approximate surface area is 98.1 Å². The highest BCUT2D eigenvalue weighted by Crippen LogP contribution is 2.27. The van der Waals surface area contributed by atoms with E-state index in [1.54, 1.807) is 0 Å². The van der Waals surface area contributed by atoms with Gasteiger partial charge in [0.2, 0.25) is 0 Å². The van der Waals surface area contributed by atoms with Crippen LogP contribution < -0.4 is 0 Å². The van der Waals surface area contributed by atoms with E-state index in [2.05, 4.69) is 31.2 Å². The normalized spacial score (nSPS) is 16.2. The number of fused-ring (bicyclic) bond motifs is 1. The summed E-state index contributed by atoms with van der Waals surface area (Å²) in [5.41, 5.74) is 4.22. The second-order valence-corrected chi connectivity index (χ2v) is 4.71. The lowest BCUT2D eigenvalue weighted by atomic mass is 9.87. The molecule has 1 atom stereocenters. The van der Waals surface area contributed by atoms with Gasteiger partial charge in [0.25, 0.3) is 0 Å². The largest absolute Gasteiger partial charge is 0.198 e. The van der Waals surface area contributed by atoms with Crippen LogP contribution in [0, 0.1) is 11.3 Å². The SMILES string of the molecule is CCCC(C#N)c1ccc2c(c1)CCCC2. The van der Waals surface area contributed by atoms with E-state index in [1.807, 2.05) is 0 Å². The van der Waals surface area contributed by atoms with Crippen LogP contribution in [0.3, 0.4) is 0 Å². The number of rotatable bonds is 3. The molecule has 1 aromatic carbocycles. The van der Waals surface area contributed by atoms with Crippen molar-refractivity contribution in [3.63, 3.8) is 0 Å². The third-order valence-corrected chi connectivity index (χ3v) is 3.51. The molecule has 2 rings (SSSR count). The molecule has 0 bridgehead atoms. The number of nitriles is 1. The van der Waals surface area contributed by atoms with E-state index >= 15 is 0 Å². The zero-order chi connectivity index (χ0) is 11.4. The Morgan fingerprint density at radius 3 is 2.69 bits per heavy atom. The quantitative estimate of drug-likeness (QED) is 0.745. The minimum Gasteiger partial charge on any atom is -0.198 e. The summed E-state index contributed by atoms with van der Waals surface area (Å²) in [7, 11) is 0. The lowest BCUT2D eigenvalue weighted by Gasteiger charge is -2.18. The number of aryl methyl sites for hydroxylation is 2. The van der Waals surface area contributed by atoms with Crippen LogP contribution in [-0.4, -0.2) is 0 Å². The van der Waals surface area contributed by atoms with Crippen LogP contribution >= 0.6 is 0 Å². The fourth-order valence-corrected chi connectivity index (χ4v) is 2.56. The minimum atomic E-state index is 0.0947. The van der Waals surface area contributed by atoms with E-state index in [-0.39, 0.29) is 5.92 Å². The Morgan fingerprint density at radius 2 is 2.00 bits per heavy atom. The maximum atomic E-state index is 9.16. The molecular weight excluding hydrogens is 194 g/mol. The van der Waals surface area contributed by atoms with E-state index in [9.17, 15) is 0 Å². The molecule has 1 nitrogen and oxygen atoms in total. The number of nitrogens with zero attached hydrogens (tertiary/aromatic N) is 1. The molecule has 1 aliphatic rings. The van der Waals surface area contributed by atoms with Crippen molar-refractivity contribution in [2.24, 2.45) is 0 Å². The lowest BCUT2D eigenvalue weighted by molar-refractivity contribution is 0.678. The van der Waals surface area contributed by atoms with Gasteiger partial charge in [-0.15, -0.1) is 0 Å². The van der Waals surface area contributed by atoms with Crippen molar-refractivity contribution in [2.75, 3.05) is 0 Å². The maximum Gasteiger partial charge on any atom is 0.0712 e. The molecule has 0 fully saturated rings. The van der Waals surface area contributed by atoms with Gasteiger partial charge >= 0.3 is 0 Å². The molecule has 1 heteroatoms. The molecule has 0 saturated heterocycles. The Bertz CT molecular complexity index is 400. The van der Waals surface area contributed by atoms with Crippen LogP contribution in [0.4, 0.5) is 0 Å². The van der Waals surface area contributed by atoms with E-state index in [0.717, 1.165) is 12.8 Å². The van der Waals surface area contributed by atoms with Gasteiger partial charge in [-0.25, -0.2) is 0 Å². The standard InChI is InChI=1S/C15H19N/c1-2-5-15(11-16)14-9-8-12-6-3-4-7-13(12)10-14/h8-10,15H,2-7H2,1H3. The van der Waals surface area contributed by atoms with Gasteiger partial charge in [-0.1, -0.05) is 31.5 Å². The molecule has 1 aliphatic carbocycles. The van der Waals surface area contributed by atoms with Crippen LogP contribution in [0.1, 0.15) is 55.2 Å². The van der Waals surface area contributed by atoms with E-state index in [1.165, 1.54) is 42.4 Å². The minimum absolute atomic E-state index is 0.0947. The highest BCUT2D eigenvalue weighted by atomic mass is 14.3. The number of benzene rings is 1. The fraction of sp³-hybridized carbons (Fsp3) is 0.533. The van der Waals surface area contributed by atoms with Crippen molar-refractivity contribution in [2.45, 2.75) is 51.4 Å². The third-order valence-electron chi connectivity index (χ3n) is 3.51. The number of hydrogen-bond donors (Lipinski definition) is 0. The molecule has 0 heterocycles. The van der Waals surface area contributed by atoms with E-state index in [0.29, 0.717) is 0 Å². The van der Waals surface area contributed by atoms with Crippen LogP contribution in [0.5, 0.6) is 0 Å². The Kier molecular flexibility index (Phi) is 3.62.